The maximum absolute atomic E-state index is 13.1. The number of ether oxygens (including phenoxy) is 1. The molecule has 1 N–H and O–H groups in total. The van der Waals surface area contributed by atoms with Gasteiger partial charge in [-0.3, -0.25) is 0 Å². The molecule has 1 aromatic heterocycles. The summed E-state index contributed by atoms with van der Waals surface area (Å²) in [6.07, 6.45) is -0.358. The molecule has 8 nitrogen and oxygen atoms in total. The lowest BCUT2D eigenvalue weighted by Crippen LogP contribution is -2.47. The van der Waals surface area contributed by atoms with Crippen LogP contribution in [0.3, 0.4) is 0 Å². The number of aryl methyl sites for hydroxylation is 1. The van der Waals surface area contributed by atoms with Gasteiger partial charge in [-0.25, -0.2) is 13.9 Å². The zero-order valence-corrected chi connectivity index (χ0v) is 12.6. The Morgan fingerprint density at radius 3 is 3.13 bits per heavy atom. The molecule has 1 aliphatic heterocycles. The lowest BCUT2D eigenvalue weighted by Gasteiger charge is -2.32. The third kappa shape index (κ3) is 3.62. The molecule has 1 aromatic carbocycles. The minimum atomic E-state index is -0.358. The van der Waals surface area contributed by atoms with Crippen LogP contribution >= 0.6 is 0 Å². The second kappa shape index (κ2) is 6.69. The highest BCUT2D eigenvalue weighted by Crippen LogP contribution is 2.19. The molecule has 2 amide bonds. The van der Waals surface area contributed by atoms with E-state index in [9.17, 15) is 9.18 Å². The van der Waals surface area contributed by atoms with E-state index in [-0.39, 0.29) is 24.5 Å². The van der Waals surface area contributed by atoms with Gasteiger partial charge in [0.2, 0.25) is 0 Å². The van der Waals surface area contributed by atoms with Gasteiger partial charge in [-0.15, -0.1) is 5.10 Å². The van der Waals surface area contributed by atoms with Crippen LogP contribution < -0.4 is 5.32 Å². The van der Waals surface area contributed by atoms with Crippen molar-refractivity contribution in [1.29, 1.82) is 0 Å². The van der Waals surface area contributed by atoms with Crippen LogP contribution in [0, 0.1) is 5.82 Å². The van der Waals surface area contributed by atoms with Gasteiger partial charge in [0.15, 0.2) is 5.82 Å². The van der Waals surface area contributed by atoms with E-state index in [1.165, 1.54) is 16.8 Å². The first-order valence-electron chi connectivity index (χ1n) is 7.24. The van der Waals surface area contributed by atoms with Crippen molar-refractivity contribution >= 4 is 6.03 Å². The van der Waals surface area contributed by atoms with Crippen LogP contribution in [0.15, 0.2) is 24.3 Å². The van der Waals surface area contributed by atoms with Gasteiger partial charge in [-0.1, -0.05) is 12.1 Å². The van der Waals surface area contributed by atoms with Crippen LogP contribution in [0.25, 0.3) is 0 Å². The normalized spacial score (nSPS) is 18.0. The van der Waals surface area contributed by atoms with Crippen LogP contribution in [0.2, 0.25) is 0 Å². The number of carbonyl (C=O) groups excluding carboxylic acids is 1. The number of amides is 2. The number of benzene rings is 1. The molecule has 0 bridgehead atoms. The van der Waals surface area contributed by atoms with Crippen molar-refractivity contribution in [2.45, 2.75) is 12.6 Å². The zero-order chi connectivity index (χ0) is 16.2. The fourth-order valence-corrected chi connectivity index (χ4v) is 2.44. The molecule has 1 saturated heterocycles. The Kier molecular flexibility index (Phi) is 4.47. The minimum absolute atomic E-state index is 0.224. The zero-order valence-electron chi connectivity index (χ0n) is 12.6. The molecular formula is C14H17FN6O2. The summed E-state index contributed by atoms with van der Waals surface area (Å²) in [6, 6.07) is 5.91. The molecule has 1 fully saturated rings. The van der Waals surface area contributed by atoms with Gasteiger partial charge in [0.1, 0.15) is 11.9 Å². The van der Waals surface area contributed by atoms with E-state index in [4.69, 9.17) is 4.74 Å². The van der Waals surface area contributed by atoms with Gasteiger partial charge < -0.3 is 15.0 Å². The molecular weight excluding hydrogens is 303 g/mol. The number of halogens is 1. The topological polar surface area (TPSA) is 85.2 Å². The van der Waals surface area contributed by atoms with E-state index in [0.29, 0.717) is 31.1 Å². The fraction of sp³-hybridized carbons (Fsp3) is 0.429. The first kappa shape index (κ1) is 15.3. The van der Waals surface area contributed by atoms with E-state index in [2.05, 4.69) is 20.8 Å². The second-order valence-electron chi connectivity index (χ2n) is 5.25. The van der Waals surface area contributed by atoms with Crippen molar-refractivity contribution in [2.75, 3.05) is 19.7 Å². The molecule has 0 radical (unpaired) electrons. The van der Waals surface area contributed by atoms with Crippen LogP contribution in [0.1, 0.15) is 17.5 Å². The highest BCUT2D eigenvalue weighted by molar-refractivity contribution is 5.74. The summed E-state index contributed by atoms with van der Waals surface area (Å²) < 4.78 is 20.3. The van der Waals surface area contributed by atoms with Crippen molar-refractivity contribution < 1.29 is 13.9 Å². The number of morpholine rings is 1. The summed E-state index contributed by atoms with van der Waals surface area (Å²) in [4.78, 5) is 13.9. The second-order valence-corrected chi connectivity index (χ2v) is 5.25. The Hall–Kier alpha value is -2.55. The van der Waals surface area contributed by atoms with Gasteiger partial charge in [0.25, 0.3) is 0 Å². The third-order valence-electron chi connectivity index (χ3n) is 3.63. The monoisotopic (exact) mass is 320 g/mol. The molecule has 1 unspecified atom stereocenters. The molecule has 0 aliphatic carbocycles. The number of hydrogen-bond acceptors (Lipinski definition) is 5. The Bertz CT molecular complexity index is 691. The van der Waals surface area contributed by atoms with Gasteiger partial charge in [-0.2, -0.15) is 0 Å². The van der Waals surface area contributed by atoms with E-state index >= 15 is 0 Å². The summed E-state index contributed by atoms with van der Waals surface area (Å²) in [7, 11) is 1.72. The van der Waals surface area contributed by atoms with Crippen LogP contribution in [-0.2, 0) is 18.3 Å². The molecule has 3 rings (SSSR count). The van der Waals surface area contributed by atoms with Crippen molar-refractivity contribution in [3.63, 3.8) is 0 Å². The summed E-state index contributed by atoms with van der Waals surface area (Å²) in [6.45, 7) is 1.52. The maximum atomic E-state index is 13.1. The molecule has 122 valence electrons. The first-order valence-corrected chi connectivity index (χ1v) is 7.24. The van der Waals surface area contributed by atoms with Crippen molar-refractivity contribution in [3.05, 3.63) is 41.5 Å². The molecule has 0 saturated carbocycles. The number of nitrogens with one attached hydrogen (secondary N) is 1. The fourth-order valence-electron chi connectivity index (χ4n) is 2.44. The Labute approximate surface area is 132 Å². The average molecular weight is 320 g/mol. The van der Waals surface area contributed by atoms with Crippen LogP contribution in [-0.4, -0.2) is 50.8 Å². The number of rotatable bonds is 3. The smallest absolute Gasteiger partial charge is 0.317 e. The maximum Gasteiger partial charge on any atom is 0.317 e. The minimum Gasteiger partial charge on any atom is -0.366 e. The summed E-state index contributed by atoms with van der Waals surface area (Å²) in [5.74, 6) is 0.255. The first-order chi connectivity index (χ1) is 11.1. The van der Waals surface area contributed by atoms with Gasteiger partial charge >= 0.3 is 6.03 Å². The molecule has 0 spiro atoms. The molecule has 2 aromatic rings. The lowest BCUT2D eigenvalue weighted by molar-refractivity contribution is -0.0218. The Morgan fingerprint density at radius 2 is 2.39 bits per heavy atom. The molecule has 1 atom stereocenters. The van der Waals surface area contributed by atoms with Gasteiger partial charge in [-0.05, 0) is 28.1 Å². The summed E-state index contributed by atoms with van der Waals surface area (Å²) >= 11 is 0. The molecule has 2 heterocycles. The van der Waals surface area contributed by atoms with E-state index in [1.807, 2.05) is 0 Å². The van der Waals surface area contributed by atoms with Crippen molar-refractivity contribution in [1.82, 2.24) is 30.4 Å². The van der Waals surface area contributed by atoms with E-state index in [0.717, 1.165) is 0 Å². The summed E-state index contributed by atoms with van der Waals surface area (Å²) in [5, 5.41) is 14.0. The third-order valence-corrected chi connectivity index (χ3v) is 3.63. The number of tetrazole rings is 1. The molecule has 23 heavy (non-hydrogen) atoms. The number of aromatic nitrogens is 4. The molecule has 1 aliphatic rings. The highest BCUT2D eigenvalue weighted by atomic mass is 19.1. The Balaban J connectivity index is 1.58. The number of carbonyl (C=O) groups is 1. The quantitative estimate of drug-likeness (QED) is 0.897. The van der Waals surface area contributed by atoms with Gasteiger partial charge in [0, 0.05) is 20.1 Å². The standard InChI is InChI=1S/C14H17FN6O2/c1-20-13(17-18-19-20)12-9-21(5-6-23-12)14(22)16-8-10-3-2-4-11(15)7-10/h2-4,7,12H,5-6,8-9H2,1H3,(H,16,22). The van der Waals surface area contributed by atoms with E-state index in [1.54, 1.807) is 24.1 Å². The average Bonchev–Trinajstić information content (AvgIpc) is 2.99. The Morgan fingerprint density at radius 1 is 1.52 bits per heavy atom. The largest absolute Gasteiger partial charge is 0.366 e. The molecule has 9 heteroatoms. The number of hydrogen-bond donors (Lipinski definition) is 1. The van der Waals surface area contributed by atoms with Crippen molar-refractivity contribution in [2.24, 2.45) is 7.05 Å². The van der Waals surface area contributed by atoms with Crippen LogP contribution in [0.5, 0.6) is 0 Å². The highest BCUT2D eigenvalue weighted by Gasteiger charge is 2.28. The van der Waals surface area contributed by atoms with E-state index < -0.39 is 0 Å². The predicted octanol–water partition coefficient (Wildman–Crippen LogP) is 0.632. The predicted molar refractivity (Wildman–Crippen MR) is 77.7 cm³/mol. The lowest BCUT2D eigenvalue weighted by atomic mass is 10.2. The van der Waals surface area contributed by atoms with Crippen LogP contribution in [0.4, 0.5) is 9.18 Å². The number of urea groups is 1. The van der Waals surface area contributed by atoms with Gasteiger partial charge in [0.05, 0.1) is 13.2 Å². The number of nitrogens with zero attached hydrogens (tertiary/aromatic N) is 5. The van der Waals surface area contributed by atoms with Crippen molar-refractivity contribution in [3.8, 4) is 0 Å². The summed E-state index contributed by atoms with van der Waals surface area (Å²) in [5.41, 5.74) is 0.709. The SMILES string of the molecule is Cn1nnnc1C1CN(C(=O)NCc2cccc(F)c2)CCO1.